The number of rotatable bonds is 11. The average molecular weight is 538 g/mol. The maximum atomic E-state index is 12.6. The van der Waals surface area contributed by atoms with Gasteiger partial charge in [0, 0.05) is 13.1 Å². The average Bonchev–Trinajstić information content (AvgIpc) is 3.75. The molecule has 40 heavy (non-hydrogen) atoms. The Balaban J connectivity index is 1.18. The van der Waals surface area contributed by atoms with Gasteiger partial charge in [-0.15, -0.1) is 0 Å². The summed E-state index contributed by atoms with van der Waals surface area (Å²) in [6.45, 7) is 2.04. The number of oxazole rings is 1. The Morgan fingerprint density at radius 3 is 2.50 bits per heavy atom. The van der Waals surface area contributed by atoms with Crippen LogP contribution < -0.4 is 19.5 Å². The molecule has 0 saturated carbocycles. The molecule has 3 aromatic carbocycles. The summed E-state index contributed by atoms with van der Waals surface area (Å²) in [5.74, 6) is 3.74. The third-order valence-electron chi connectivity index (χ3n) is 6.27. The van der Waals surface area contributed by atoms with Gasteiger partial charge in [0.2, 0.25) is 12.7 Å². The second-order valence-corrected chi connectivity index (χ2v) is 9.28. The number of nitrogens with one attached hydrogen (secondary N) is 1. The van der Waals surface area contributed by atoms with E-state index in [0.717, 1.165) is 34.1 Å². The first-order valence-electron chi connectivity index (χ1n) is 12.9. The Hall–Kier alpha value is -5.02. The third kappa shape index (κ3) is 6.33. The summed E-state index contributed by atoms with van der Waals surface area (Å²) < 4.78 is 28.0. The SMILES string of the molecule is O=C(NCc1ccco1)c1coc(CN(Cc2cccc(Oc3ccccc3)c2)Cc2ccc3c(c2)OCO3)n1. The number of hydrogen-bond acceptors (Lipinski definition) is 8. The van der Waals surface area contributed by atoms with Crippen LogP contribution in [0.1, 0.15) is 33.3 Å². The molecule has 0 saturated heterocycles. The molecule has 9 heteroatoms. The van der Waals surface area contributed by atoms with Crippen molar-refractivity contribution in [3.05, 3.63) is 126 Å². The molecular weight excluding hydrogens is 510 g/mol. The molecule has 202 valence electrons. The molecule has 0 unspecified atom stereocenters. The highest BCUT2D eigenvalue weighted by Gasteiger charge is 2.18. The Morgan fingerprint density at radius 2 is 1.65 bits per heavy atom. The largest absolute Gasteiger partial charge is 0.467 e. The van der Waals surface area contributed by atoms with Crippen LogP contribution in [0.2, 0.25) is 0 Å². The van der Waals surface area contributed by atoms with Crippen molar-refractivity contribution >= 4 is 5.91 Å². The minimum Gasteiger partial charge on any atom is -0.467 e. The number of carbonyl (C=O) groups excluding carboxylic acids is 1. The fraction of sp³-hybridized carbons (Fsp3) is 0.161. The van der Waals surface area contributed by atoms with Crippen LogP contribution in [0.3, 0.4) is 0 Å². The van der Waals surface area contributed by atoms with E-state index in [1.165, 1.54) is 6.26 Å². The summed E-state index contributed by atoms with van der Waals surface area (Å²) >= 11 is 0. The van der Waals surface area contributed by atoms with E-state index in [1.807, 2.05) is 72.8 Å². The van der Waals surface area contributed by atoms with Crippen molar-refractivity contribution < 1.29 is 27.8 Å². The highest BCUT2D eigenvalue weighted by atomic mass is 16.7. The summed E-state index contributed by atoms with van der Waals surface area (Å²) in [4.78, 5) is 19.2. The predicted molar refractivity (Wildman–Crippen MR) is 145 cm³/mol. The monoisotopic (exact) mass is 537 g/mol. The molecule has 3 heterocycles. The molecule has 0 radical (unpaired) electrons. The minimum absolute atomic E-state index is 0.211. The number of nitrogens with zero attached hydrogens (tertiary/aromatic N) is 2. The lowest BCUT2D eigenvalue weighted by Crippen LogP contribution is -2.24. The molecule has 0 bridgehead atoms. The summed E-state index contributed by atoms with van der Waals surface area (Å²) in [5.41, 5.74) is 2.31. The van der Waals surface area contributed by atoms with Crippen molar-refractivity contribution in [2.75, 3.05) is 6.79 Å². The highest BCUT2D eigenvalue weighted by Crippen LogP contribution is 2.33. The van der Waals surface area contributed by atoms with E-state index in [0.29, 0.717) is 31.3 Å². The lowest BCUT2D eigenvalue weighted by Gasteiger charge is -2.21. The zero-order valence-electron chi connectivity index (χ0n) is 21.6. The smallest absolute Gasteiger partial charge is 0.273 e. The second-order valence-electron chi connectivity index (χ2n) is 9.28. The van der Waals surface area contributed by atoms with Gasteiger partial charge in [0.1, 0.15) is 23.5 Å². The predicted octanol–water partition coefficient (Wildman–Crippen LogP) is 5.92. The van der Waals surface area contributed by atoms with Gasteiger partial charge in [0.25, 0.3) is 5.91 Å². The van der Waals surface area contributed by atoms with Crippen LogP contribution in [0, 0.1) is 0 Å². The van der Waals surface area contributed by atoms with Gasteiger partial charge in [-0.3, -0.25) is 9.69 Å². The van der Waals surface area contributed by atoms with Gasteiger partial charge < -0.3 is 28.4 Å². The van der Waals surface area contributed by atoms with Crippen molar-refractivity contribution in [3.8, 4) is 23.0 Å². The second kappa shape index (κ2) is 11.8. The molecule has 5 aromatic rings. The van der Waals surface area contributed by atoms with E-state index in [9.17, 15) is 4.79 Å². The standard InChI is InChI=1S/C31H27N3O6/c35-31(32-16-26-10-5-13-36-26)27-20-37-30(33-27)19-34(18-23-11-12-28-29(15-23)39-21-38-28)17-22-6-4-9-25(14-22)40-24-7-2-1-3-8-24/h1-15,20H,16-19,21H2,(H,32,35). The van der Waals surface area contributed by atoms with Crippen molar-refractivity contribution in [1.29, 1.82) is 0 Å². The number of ether oxygens (including phenoxy) is 3. The molecule has 0 aliphatic carbocycles. The van der Waals surface area contributed by atoms with E-state index in [2.05, 4.69) is 15.2 Å². The third-order valence-corrected chi connectivity index (χ3v) is 6.27. The molecule has 0 spiro atoms. The van der Waals surface area contributed by atoms with E-state index >= 15 is 0 Å². The van der Waals surface area contributed by atoms with Crippen molar-refractivity contribution in [3.63, 3.8) is 0 Å². The van der Waals surface area contributed by atoms with Gasteiger partial charge in [-0.25, -0.2) is 4.98 Å². The summed E-state index contributed by atoms with van der Waals surface area (Å²) in [7, 11) is 0. The molecule has 0 atom stereocenters. The summed E-state index contributed by atoms with van der Waals surface area (Å²) in [6.07, 6.45) is 2.94. The number of para-hydroxylation sites is 1. The van der Waals surface area contributed by atoms with E-state index in [-0.39, 0.29) is 24.9 Å². The first kappa shape index (κ1) is 25.3. The number of amides is 1. The van der Waals surface area contributed by atoms with Crippen LogP contribution in [0.15, 0.2) is 106 Å². The number of hydrogen-bond donors (Lipinski definition) is 1. The molecule has 6 rings (SSSR count). The van der Waals surface area contributed by atoms with Gasteiger partial charge in [-0.1, -0.05) is 36.4 Å². The molecule has 1 aliphatic rings. The lowest BCUT2D eigenvalue weighted by molar-refractivity contribution is 0.0943. The van der Waals surface area contributed by atoms with E-state index in [4.69, 9.17) is 23.0 Å². The lowest BCUT2D eigenvalue weighted by atomic mass is 10.1. The summed E-state index contributed by atoms with van der Waals surface area (Å²) in [6, 6.07) is 27.1. The molecule has 1 amide bonds. The van der Waals surface area contributed by atoms with Gasteiger partial charge in [0.05, 0.1) is 19.4 Å². The molecular formula is C31H27N3O6. The fourth-order valence-electron chi connectivity index (χ4n) is 4.41. The quantitative estimate of drug-likeness (QED) is 0.222. The fourth-order valence-corrected chi connectivity index (χ4v) is 4.41. The van der Waals surface area contributed by atoms with Crippen LogP contribution in [-0.4, -0.2) is 22.6 Å². The number of carbonyl (C=O) groups is 1. The zero-order chi connectivity index (χ0) is 27.1. The molecule has 9 nitrogen and oxygen atoms in total. The van der Waals surface area contributed by atoms with Gasteiger partial charge in [0.15, 0.2) is 17.2 Å². The molecule has 2 aromatic heterocycles. The maximum Gasteiger partial charge on any atom is 0.273 e. The topological polar surface area (TPSA) is 99.2 Å². The summed E-state index contributed by atoms with van der Waals surface area (Å²) in [5, 5.41) is 2.79. The first-order chi connectivity index (χ1) is 19.7. The molecule has 0 fully saturated rings. The molecule has 1 aliphatic heterocycles. The van der Waals surface area contributed by atoms with Crippen molar-refractivity contribution in [2.24, 2.45) is 0 Å². The number of fused-ring (bicyclic) bond motifs is 1. The van der Waals surface area contributed by atoms with Crippen LogP contribution in [0.5, 0.6) is 23.0 Å². The van der Waals surface area contributed by atoms with Gasteiger partial charge in [-0.05, 0) is 59.7 Å². The van der Waals surface area contributed by atoms with Crippen LogP contribution >= 0.6 is 0 Å². The zero-order valence-corrected chi connectivity index (χ0v) is 21.6. The highest BCUT2D eigenvalue weighted by molar-refractivity contribution is 5.91. The van der Waals surface area contributed by atoms with Gasteiger partial charge >= 0.3 is 0 Å². The normalized spacial score (nSPS) is 12.0. The Kier molecular flexibility index (Phi) is 7.45. The van der Waals surface area contributed by atoms with Crippen LogP contribution in [0.25, 0.3) is 0 Å². The minimum atomic E-state index is -0.334. The van der Waals surface area contributed by atoms with Crippen LogP contribution in [0.4, 0.5) is 0 Å². The van der Waals surface area contributed by atoms with Crippen molar-refractivity contribution in [1.82, 2.24) is 15.2 Å². The van der Waals surface area contributed by atoms with Crippen molar-refractivity contribution in [2.45, 2.75) is 26.2 Å². The molecule has 1 N–H and O–H groups in total. The van der Waals surface area contributed by atoms with E-state index in [1.54, 1.807) is 18.4 Å². The Bertz CT molecular complexity index is 1570. The Labute approximate surface area is 230 Å². The number of benzene rings is 3. The maximum absolute atomic E-state index is 12.6. The van der Waals surface area contributed by atoms with Gasteiger partial charge in [-0.2, -0.15) is 0 Å². The van der Waals surface area contributed by atoms with E-state index < -0.39 is 0 Å². The first-order valence-corrected chi connectivity index (χ1v) is 12.9. The van der Waals surface area contributed by atoms with Crippen LogP contribution in [-0.2, 0) is 26.2 Å². The number of furan rings is 1. The number of aromatic nitrogens is 1. The Morgan fingerprint density at radius 1 is 0.825 bits per heavy atom.